The summed E-state index contributed by atoms with van der Waals surface area (Å²) < 4.78 is 25.5. The van der Waals surface area contributed by atoms with Crippen molar-refractivity contribution in [3.8, 4) is 0 Å². The smallest absolute Gasteiger partial charge is 0.356 e. The first-order valence-electron chi connectivity index (χ1n) is 3.65. The topological polar surface area (TPSA) is 55.1 Å². The molecule has 0 amide bonds. The van der Waals surface area contributed by atoms with E-state index in [9.17, 15) is 13.6 Å². The quantitative estimate of drug-likeness (QED) is 0.786. The standard InChI is InChI=1S/C7H8F2N2O2/c1-2-11-5(6(8)9)3-4(10-11)7(12)13/h3,6H,2H2,1H3,(H,12,13). The lowest BCUT2D eigenvalue weighted by Gasteiger charge is -2.00. The van der Waals surface area contributed by atoms with Crippen LogP contribution in [0.4, 0.5) is 8.78 Å². The highest BCUT2D eigenvalue weighted by atomic mass is 19.3. The van der Waals surface area contributed by atoms with E-state index in [1.165, 1.54) is 0 Å². The maximum atomic E-state index is 12.2. The van der Waals surface area contributed by atoms with E-state index in [0.29, 0.717) is 0 Å². The highest BCUT2D eigenvalue weighted by molar-refractivity contribution is 5.85. The molecule has 1 aromatic heterocycles. The Morgan fingerprint density at radius 1 is 1.77 bits per heavy atom. The number of halogens is 2. The number of carboxylic acid groups (broad SMARTS) is 1. The van der Waals surface area contributed by atoms with Gasteiger partial charge in [-0.3, -0.25) is 4.68 Å². The molecule has 0 aliphatic carbocycles. The predicted molar refractivity (Wildman–Crippen MR) is 39.8 cm³/mol. The summed E-state index contributed by atoms with van der Waals surface area (Å²) >= 11 is 0. The van der Waals surface area contributed by atoms with Crippen molar-refractivity contribution in [1.82, 2.24) is 9.78 Å². The summed E-state index contributed by atoms with van der Waals surface area (Å²) in [6.45, 7) is 1.84. The molecule has 6 heteroatoms. The third-order valence-corrected chi connectivity index (χ3v) is 1.55. The number of hydrogen-bond donors (Lipinski definition) is 1. The van der Waals surface area contributed by atoms with Gasteiger partial charge in [0.25, 0.3) is 6.43 Å². The monoisotopic (exact) mass is 190 g/mol. The van der Waals surface area contributed by atoms with Gasteiger partial charge >= 0.3 is 5.97 Å². The fraction of sp³-hybridized carbons (Fsp3) is 0.429. The van der Waals surface area contributed by atoms with E-state index < -0.39 is 12.4 Å². The normalized spacial score (nSPS) is 10.8. The minimum Gasteiger partial charge on any atom is -0.476 e. The van der Waals surface area contributed by atoms with Crippen LogP contribution in [0.5, 0.6) is 0 Å². The molecule has 0 saturated heterocycles. The molecule has 1 heterocycles. The molecular formula is C7H8F2N2O2. The lowest BCUT2D eigenvalue weighted by molar-refractivity contribution is 0.0689. The molecule has 0 aliphatic rings. The summed E-state index contributed by atoms with van der Waals surface area (Å²) in [6.07, 6.45) is -2.69. The Hall–Kier alpha value is -1.46. The highest BCUT2D eigenvalue weighted by Gasteiger charge is 2.18. The second-order valence-corrected chi connectivity index (χ2v) is 2.38. The maximum absolute atomic E-state index is 12.2. The van der Waals surface area contributed by atoms with Gasteiger partial charge in [0, 0.05) is 12.6 Å². The summed E-state index contributed by atoms with van der Waals surface area (Å²) in [4.78, 5) is 10.4. The van der Waals surface area contributed by atoms with Crippen molar-refractivity contribution in [2.75, 3.05) is 0 Å². The number of hydrogen-bond acceptors (Lipinski definition) is 2. The van der Waals surface area contributed by atoms with Gasteiger partial charge in [0.1, 0.15) is 5.69 Å². The Bertz CT molecular complexity index is 322. The lowest BCUT2D eigenvalue weighted by Crippen LogP contribution is -2.04. The number of rotatable bonds is 3. The number of aryl methyl sites for hydroxylation is 1. The molecular weight excluding hydrogens is 182 g/mol. The van der Waals surface area contributed by atoms with Gasteiger partial charge in [0.2, 0.25) is 0 Å². The molecule has 0 bridgehead atoms. The summed E-state index contributed by atoms with van der Waals surface area (Å²) in [5.41, 5.74) is -0.711. The first-order chi connectivity index (χ1) is 6.06. The molecule has 1 aromatic rings. The molecule has 0 aliphatic heterocycles. The number of nitrogens with zero attached hydrogens (tertiary/aromatic N) is 2. The molecule has 72 valence electrons. The van der Waals surface area contributed by atoms with Crippen molar-refractivity contribution in [2.45, 2.75) is 19.9 Å². The summed E-state index contributed by atoms with van der Waals surface area (Å²) in [7, 11) is 0. The van der Waals surface area contributed by atoms with Crippen molar-refractivity contribution in [3.63, 3.8) is 0 Å². The zero-order valence-corrected chi connectivity index (χ0v) is 6.87. The summed E-state index contributed by atoms with van der Waals surface area (Å²) in [6, 6.07) is 0.885. The first kappa shape index (κ1) is 9.63. The van der Waals surface area contributed by atoms with E-state index >= 15 is 0 Å². The van der Waals surface area contributed by atoms with Crippen LogP contribution in [0.3, 0.4) is 0 Å². The average molecular weight is 190 g/mol. The van der Waals surface area contributed by atoms with Crippen molar-refractivity contribution < 1.29 is 18.7 Å². The number of carbonyl (C=O) groups is 1. The maximum Gasteiger partial charge on any atom is 0.356 e. The van der Waals surface area contributed by atoms with Crippen molar-refractivity contribution in [3.05, 3.63) is 17.5 Å². The fourth-order valence-electron chi connectivity index (χ4n) is 0.965. The van der Waals surface area contributed by atoms with Crippen molar-refractivity contribution in [2.24, 2.45) is 0 Å². The molecule has 0 spiro atoms. The van der Waals surface area contributed by atoms with Crippen LogP contribution in [0.1, 0.15) is 29.5 Å². The van der Waals surface area contributed by atoms with Gasteiger partial charge in [-0.2, -0.15) is 5.10 Å². The van der Waals surface area contributed by atoms with E-state index in [1.807, 2.05) is 0 Å². The Balaban J connectivity index is 3.11. The Morgan fingerprint density at radius 3 is 2.69 bits per heavy atom. The van der Waals surface area contributed by atoms with E-state index in [-0.39, 0.29) is 17.9 Å². The van der Waals surface area contributed by atoms with E-state index in [0.717, 1.165) is 10.7 Å². The van der Waals surface area contributed by atoms with Gasteiger partial charge in [-0.25, -0.2) is 13.6 Å². The molecule has 0 fully saturated rings. The number of carboxylic acids is 1. The Kier molecular flexibility index (Phi) is 2.60. The molecule has 0 radical (unpaired) electrons. The van der Waals surface area contributed by atoms with E-state index in [2.05, 4.69) is 5.10 Å². The minimum absolute atomic E-state index is 0.229. The lowest BCUT2D eigenvalue weighted by atomic mass is 10.3. The van der Waals surface area contributed by atoms with Crippen LogP contribution in [-0.4, -0.2) is 20.9 Å². The number of alkyl halides is 2. The zero-order chi connectivity index (χ0) is 10.0. The second-order valence-electron chi connectivity index (χ2n) is 2.38. The van der Waals surface area contributed by atoms with Crippen LogP contribution in [0, 0.1) is 0 Å². The largest absolute Gasteiger partial charge is 0.476 e. The summed E-state index contributed by atoms with van der Waals surface area (Å²) in [5.74, 6) is -1.30. The van der Waals surface area contributed by atoms with Crippen molar-refractivity contribution >= 4 is 5.97 Å². The van der Waals surface area contributed by atoms with Crippen molar-refractivity contribution in [1.29, 1.82) is 0 Å². The van der Waals surface area contributed by atoms with Gasteiger partial charge in [-0.1, -0.05) is 0 Å². The van der Waals surface area contributed by atoms with Crippen LogP contribution in [0.2, 0.25) is 0 Å². The third-order valence-electron chi connectivity index (χ3n) is 1.55. The molecule has 0 aromatic carbocycles. The Morgan fingerprint density at radius 2 is 2.38 bits per heavy atom. The van der Waals surface area contributed by atoms with Crippen LogP contribution in [0.15, 0.2) is 6.07 Å². The van der Waals surface area contributed by atoms with Crippen LogP contribution < -0.4 is 0 Å². The number of aromatic carboxylic acids is 1. The predicted octanol–water partition coefficient (Wildman–Crippen LogP) is 1.54. The average Bonchev–Trinajstić information content (AvgIpc) is 2.47. The molecule has 1 N–H and O–H groups in total. The zero-order valence-electron chi connectivity index (χ0n) is 6.87. The van der Waals surface area contributed by atoms with Gasteiger partial charge in [0.05, 0.1) is 0 Å². The third kappa shape index (κ3) is 1.82. The molecule has 1 rings (SSSR count). The Labute approximate surface area is 72.8 Å². The highest BCUT2D eigenvalue weighted by Crippen LogP contribution is 2.19. The molecule has 0 saturated carbocycles. The van der Waals surface area contributed by atoms with Gasteiger partial charge in [-0.05, 0) is 6.92 Å². The molecule has 13 heavy (non-hydrogen) atoms. The SMILES string of the molecule is CCn1nc(C(=O)O)cc1C(F)F. The van der Waals surface area contributed by atoms with Crippen LogP contribution in [0.25, 0.3) is 0 Å². The van der Waals surface area contributed by atoms with Crippen LogP contribution in [-0.2, 0) is 6.54 Å². The first-order valence-corrected chi connectivity index (χ1v) is 3.65. The second kappa shape index (κ2) is 3.51. The van der Waals surface area contributed by atoms with Crippen LogP contribution >= 0.6 is 0 Å². The summed E-state index contributed by atoms with van der Waals surface area (Å²) in [5, 5.41) is 12.0. The molecule has 4 nitrogen and oxygen atoms in total. The van der Waals surface area contributed by atoms with Gasteiger partial charge < -0.3 is 5.11 Å². The van der Waals surface area contributed by atoms with E-state index in [4.69, 9.17) is 5.11 Å². The van der Waals surface area contributed by atoms with Gasteiger partial charge in [0.15, 0.2) is 5.69 Å². The molecule has 0 atom stereocenters. The molecule has 0 unspecified atom stereocenters. The minimum atomic E-state index is -2.69. The van der Waals surface area contributed by atoms with Gasteiger partial charge in [-0.15, -0.1) is 0 Å². The fourth-order valence-corrected chi connectivity index (χ4v) is 0.965. The number of aromatic nitrogens is 2. The van der Waals surface area contributed by atoms with E-state index in [1.54, 1.807) is 6.92 Å².